The lowest BCUT2D eigenvalue weighted by atomic mass is 9.90. The number of hydrogen-bond donors (Lipinski definition) is 0. The van der Waals surface area contributed by atoms with Crippen LogP contribution in [0.1, 0.15) is 54.0 Å². The maximum atomic E-state index is 5.73. The summed E-state index contributed by atoms with van der Waals surface area (Å²) in [7, 11) is 6.22. The number of piperidine rings is 1. The van der Waals surface area contributed by atoms with Crippen molar-refractivity contribution < 1.29 is 4.74 Å². The fourth-order valence-electron chi connectivity index (χ4n) is 5.61. The number of likely N-dealkylation sites (N-methyl/N-ethyl adjacent to an activating group) is 1. The van der Waals surface area contributed by atoms with Gasteiger partial charge in [0, 0.05) is 39.5 Å². The number of pyridine rings is 2. The van der Waals surface area contributed by atoms with Gasteiger partial charge in [-0.2, -0.15) is 0 Å². The summed E-state index contributed by atoms with van der Waals surface area (Å²) in [6.07, 6.45) is 5.32. The lowest BCUT2D eigenvalue weighted by Gasteiger charge is -2.39. The van der Waals surface area contributed by atoms with Crippen molar-refractivity contribution in [3.63, 3.8) is 0 Å². The van der Waals surface area contributed by atoms with Crippen LogP contribution in [0, 0.1) is 6.92 Å². The van der Waals surface area contributed by atoms with E-state index in [1.165, 1.54) is 29.2 Å². The van der Waals surface area contributed by atoms with Gasteiger partial charge in [-0.15, -0.1) is 0 Å². The summed E-state index contributed by atoms with van der Waals surface area (Å²) in [6.45, 7) is 6.93. The highest BCUT2D eigenvalue weighted by Crippen LogP contribution is 2.42. The molecule has 0 amide bonds. The van der Waals surface area contributed by atoms with Crippen LogP contribution in [-0.2, 0) is 11.3 Å². The van der Waals surface area contributed by atoms with Gasteiger partial charge in [0.1, 0.15) is 11.5 Å². The molecule has 0 aliphatic carbocycles. The number of nitrogens with zero attached hydrogens (tertiary/aromatic N) is 6. The Balaban J connectivity index is 1.55. The lowest BCUT2D eigenvalue weighted by molar-refractivity contribution is 0.106. The van der Waals surface area contributed by atoms with Crippen molar-refractivity contribution in [1.29, 1.82) is 0 Å². The van der Waals surface area contributed by atoms with E-state index in [4.69, 9.17) is 14.7 Å². The SMILES string of the molecule is COCc1c([C@H]2CCC[C@@H](c3ncccc3C)N2C)nc2cccc(N3CCN(C)CC3)n12. The predicted molar refractivity (Wildman–Crippen MR) is 132 cm³/mol. The molecule has 176 valence electrons. The van der Waals surface area contributed by atoms with Crippen LogP contribution in [0.2, 0.25) is 0 Å². The van der Waals surface area contributed by atoms with Gasteiger partial charge < -0.3 is 14.5 Å². The Morgan fingerprint density at radius 2 is 1.73 bits per heavy atom. The van der Waals surface area contributed by atoms with Crippen molar-refractivity contribution in [2.75, 3.05) is 52.3 Å². The molecule has 0 aromatic carbocycles. The lowest BCUT2D eigenvalue weighted by Crippen LogP contribution is -2.45. The van der Waals surface area contributed by atoms with Gasteiger partial charge in [-0.25, -0.2) is 4.98 Å². The van der Waals surface area contributed by atoms with Crippen LogP contribution >= 0.6 is 0 Å². The number of rotatable bonds is 5. The molecule has 2 fully saturated rings. The van der Waals surface area contributed by atoms with Gasteiger partial charge >= 0.3 is 0 Å². The summed E-state index contributed by atoms with van der Waals surface area (Å²) >= 11 is 0. The molecule has 2 aliphatic heterocycles. The Morgan fingerprint density at radius 3 is 2.45 bits per heavy atom. The van der Waals surface area contributed by atoms with Crippen LogP contribution in [0.25, 0.3) is 5.65 Å². The first kappa shape index (κ1) is 22.3. The molecule has 0 saturated carbocycles. The van der Waals surface area contributed by atoms with Gasteiger partial charge in [0.2, 0.25) is 0 Å². The molecule has 7 heteroatoms. The monoisotopic (exact) mass is 448 g/mol. The first-order valence-corrected chi connectivity index (χ1v) is 12.1. The molecule has 5 rings (SSSR count). The highest BCUT2D eigenvalue weighted by molar-refractivity contribution is 5.55. The minimum atomic E-state index is 0.246. The summed E-state index contributed by atoms with van der Waals surface area (Å²) in [5.74, 6) is 1.22. The van der Waals surface area contributed by atoms with Crippen LogP contribution in [0.4, 0.5) is 5.82 Å². The van der Waals surface area contributed by atoms with Crippen molar-refractivity contribution in [3.8, 4) is 0 Å². The van der Waals surface area contributed by atoms with Gasteiger partial charge in [0.15, 0.2) is 0 Å². The molecule has 2 aliphatic rings. The number of anilines is 1. The fourth-order valence-corrected chi connectivity index (χ4v) is 5.61. The van der Waals surface area contributed by atoms with Gasteiger partial charge in [-0.05, 0) is 64.0 Å². The van der Waals surface area contributed by atoms with E-state index < -0.39 is 0 Å². The average Bonchev–Trinajstić information content (AvgIpc) is 3.19. The topological polar surface area (TPSA) is 49.1 Å². The van der Waals surface area contributed by atoms with E-state index in [0.29, 0.717) is 12.6 Å². The summed E-state index contributed by atoms with van der Waals surface area (Å²) in [5, 5.41) is 0. The van der Waals surface area contributed by atoms with Crippen LogP contribution in [0.15, 0.2) is 36.5 Å². The largest absolute Gasteiger partial charge is 0.378 e. The number of hydrogen-bond acceptors (Lipinski definition) is 6. The second-order valence-electron chi connectivity index (χ2n) is 9.58. The molecule has 3 aromatic rings. The first-order chi connectivity index (χ1) is 16.1. The zero-order valence-corrected chi connectivity index (χ0v) is 20.4. The summed E-state index contributed by atoms with van der Waals surface area (Å²) in [5.41, 5.74) is 5.80. The number of piperazine rings is 1. The van der Waals surface area contributed by atoms with E-state index in [0.717, 1.165) is 50.4 Å². The Bertz CT molecular complexity index is 1100. The number of imidazole rings is 1. The molecule has 2 saturated heterocycles. The van der Waals surface area contributed by atoms with Gasteiger partial charge in [0.05, 0.1) is 35.8 Å². The van der Waals surface area contributed by atoms with Crippen molar-refractivity contribution in [2.24, 2.45) is 0 Å². The molecule has 3 aromatic heterocycles. The molecule has 33 heavy (non-hydrogen) atoms. The van der Waals surface area contributed by atoms with Crippen LogP contribution in [-0.4, -0.2) is 71.6 Å². The number of ether oxygens (including phenoxy) is 1. The molecule has 0 spiro atoms. The molecule has 0 unspecified atom stereocenters. The van der Waals surface area contributed by atoms with Crippen molar-refractivity contribution >= 4 is 11.5 Å². The van der Waals surface area contributed by atoms with E-state index in [-0.39, 0.29) is 6.04 Å². The van der Waals surface area contributed by atoms with E-state index in [2.05, 4.69) is 64.4 Å². The zero-order chi connectivity index (χ0) is 22.9. The normalized spacial score (nSPS) is 22.8. The first-order valence-electron chi connectivity index (χ1n) is 12.1. The van der Waals surface area contributed by atoms with Crippen LogP contribution < -0.4 is 4.90 Å². The number of methoxy groups -OCH3 is 1. The van der Waals surface area contributed by atoms with Gasteiger partial charge in [-0.3, -0.25) is 14.3 Å². The predicted octanol–water partition coefficient (Wildman–Crippen LogP) is 3.83. The van der Waals surface area contributed by atoms with Crippen LogP contribution in [0.5, 0.6) is 0 Å². The molecular formula is C26H36N6O. The summed E-state index contributed by atoms with van der Waals surface area (Å²) in [4.78, 5) is 17.3. The summed E-state index contributed by atoms with van der Waals surface area (Å²) in [6, 6.07) is 11.2. The molecule has 5 heterocycles. The number of fused-ring (bicyclic) bond motifs is 1. The van der Waals surface area contributed by atoms with Crippen molar-refractivity contribution in [2.45, 2.75) is 44.9 Å². The second kappa shape index (κ2) is 9.41. The van der Waals surface area contributed by atoms with Crippen molar-refractivity contribution in [3.05, 3.63) is 59.2 Å². The highest BCUT2D eigenvalue weighted by atomic mass is 16.5. The third kappa shape index (κ3) is 4.14. The van der Waals surface area contributed by atoms with Gasteiger partial charge in [-0.1, -0.05) is 12.1 Å². The number of likely N-dealkylation sites (tertiary alicyclic amines) is 1. The van der Waals surface area contributed by atoms with E-state index in [9.17, 15) is 0 Å². The maximum Gasteiger partial charge on any atom is 0.138 e. The fraction of sp³-hybridized carbons (Fsp3) is 0.538. The minimum Gasteiger partial charge on any atom is -0.378 e. The quantitative estimate of drug-likeness (QED) is 0.591. The Labute approximate surface area is 197 Å². The summed E-state index contributed by atoms with van der Waals surface area (Å²) < 4.78 is 8.07. The second-order valence-corrected chi connectivity index (χ2v) is 9.58. The maximum absolute atomic E-state index is 5.73. The standard InChI is InChI=1S/C26H36N6O/c1-19-8-7-13-27-25(19)20-9-5-10-21(30(20)3)26-22(18-33-4)32-23(28-26)11-6-12-24(32)31-16-14-29(2)15-17-31/h6-8,11-13,20-21H,5,9-10,14-18H2,1-4H3/t20-,21+/m0/s1. The Hall–Kier alpha value is -2.48. The molecular weight excluding hydrogens is 412 g/mol. The van der Waals surface area contributed by atoms with Gasteiger partial charge in [0.25, 0.3) is 0 Å². The number of aryl methyl sites for hydroxylation is 1. The van der Waals surface area contributed by atoms with E-state index in [1.807, 2.05) is 12.3 Å². The molecule has 0 radical (unpaired) electrons. The number of aromatic nitrogens is 3. The van der Waals surface area contributed by atoms with E-state index >= 15 is 0 Å². The molecule has 2 atom stereocenters. The average molecular weight is 449 g/mol. The zero-order valence-electron chi connectivity index (χ0n) is 20.4. The highest BCUT2D eigenvalue weighted by Gasteiger charge is 2.35. The van der Waals surface area contributed by atoms with E-state index in [1.54, 1.807) is 7.11 Å². The molecule has 0 N–H and O–H groups in total. The minimum absolute atomic E-state index is 0.246. The smallest absolute Gasteiger partial charge is 0.138 e. The van der Waals surface area contributed by atoms with Crippen molar-refractivity contribution in [1.82, 2.24) is 24.2 Å². The third-order valence-electron chi connectivity index (χ3n) is 7.48. The molecule has 7 nitrogen and oxygen atoms in total. The van der Waals surface area contributed by atoms with Crippen LogP contribution in [0.3, 0.4) is 0 Å². The Kier molecular flexibility index (Phi) is 6.36. The molecule has 0 bridgehead atoms. The third-order valence-corrected chi connectivity index (χ3v) is 7.48. The Morgan fingerprint density at radius 1 is 0.970 bits per heavy atom.